The van der Waals surface area contributed by atoms with Gasteiger partial charge in [-0.2, -0.15) is 0 Å². The van der Waals surface area contributed by atoms with Crippen molar-refractivity contribution >= 4 is 17.6 Å². The Hall–Kier alpha value is -2.04. The molecule has 5 heteroatoms. The number of para-hydroxylation sites is 2. The molecule has 1 aromatic rings. The lowest BCUT2D eigenvalue weighted by atomic mass is 10.0. The lowest BCUT2D eigenvalue weighted by Crippen LogP contribution is -2.22. The van der Waals surface area contributed by atoms with E-state index in [1.807, 2.05) is 24.3 Å². The molecule has 23 heavy (non-hydrogen) atoms. The van der Waals surface area contributed by atoms with Crippen LogP contribution in [0.5, 0.6) is 5.75 Å². The summed E-state index contributed by atoms with van der Waals surface area (Å²) >= 11 is 0. The van der Waals surface area contributed by atoms with Crippen molar-refractivity contribution in [2.24, 2.45) is 11.8 Å². The van der Waals surface area contributed by atoms with Crippen LogP contribution in [0.15, 0.2) is 24.3 Å². The summed E-state index contributed by atoms with van der Waals surface area (Å²) in [6.45, 7) is 0. The fourth-order valence-corrected chi connectivity index (χ4v) is 3.54. The molecule has 0 unspecified atom stereocenters. The fourth-order valence-electron chi connectivity index (χ4n) is 3.54. The number of carbonyl (C=O) groups excluding carboxylic acids is 1. The molecule has 2 aliphatic carbocycles. The molecule has 0 aliphatic heterocycles. The average molecular weight is 317 g/mol. The third kappa shape index (κ3) is 3.84. The first-order valence-corrected chi connectivity index (χ1v) is 8.43. The molecule has 0 radical (unpaired) electrons. The molecule has 1 amide bonds. The predicted octanol–water partition coefficient (Wildman–Crippen LogP) is 3.45. The number of rotatable bonds is 5. The number of nitrogens with one attached hydrogen (secondary N) is 1. The van der Waals surface area contributed by atoms with Gasteiger partial charge < -0.3 is 15.2 Å². The number of carboxylic acids is 1. The second kappa shape index (κ2) is 7.02. The first kappa shape index (κ1) is 15.8. The maximum absolute atomic E-state index is 12.4. The predicted molar refractivity (Wildman–Crippen MR) is 86.4 cm³/mol. The summed E-state index contributed by atoms with van der Waals surface area (Å²) in [6, 6.07) is 7.48. The third-order valence-electron chi connectivity index (χ3n) is 4.89. The summed E-state index contributed by atoms with van der Waals surface area (Å²) in [5.74, 6) is -0.812. The normalized spacial score (nSPS) is 24.5. The van der Waals surface area contributed by atoms with Crippen molar-refractivity contribution in [2.75, 3.05) is 5.32 Å². The van der Waals surface area contributed by atoms with Gasteiger partial charge in [0, 0.05) is 5.92 Å². The van der Waals surface area contributed by atoms with Crippen molar-refractivity contribution in [3.8, 4) is 5.75 Å². The molecular weight excluding hydrogens is 294 g/mol. The minimum absolute atomic E-state index is 0.101. The summed E-state index contributed by atoms with van der Waals surface area (Å²) in [5.41, 5.74) is 0.683. The minimum atomic E-state index is -0.801. The van der Waals surface area contributed by atoms with Gasteiger partial charge in [0.15, 0.2) is 0 Å². The van der Waals surface area contributed by atoms with Crippen LogP contribution in [0.1, 0.15) is 44.9 Å². The first-order chi connectivity index (χ1) is 11.1. The van der Waals surface area contributed by atoms with E-state index in [1.165, 1.54) is 12.8 Å². The van der Waals surface area contributed by atoms with E-state index in [0.717, 1.165) is 12.8 Å². The number of carbonyl (C=O) groups is 2. The Bertz CT molecular complexity index is 580. The number of carboxylic acid groups (broad SMARTS) is 1. The molecule has 2 fully saturated rings. The summed E-state index contributed by atoms with van der Waals surface area (Å²) in [5, 5.41) is 12.0. The lowest BCUT2D eigenvalue weighted by Gasteiger charge is -2.18. The summed E-state index contributed by atoms with van der Waals surface area (Å²) in [7, 11) is 0. The van der Waals surface area contributed by atoms with E-state index in [-0.39, 0.29) is 17.9 Å². The van der Waals surface area contributed by atoms with Crippen molar-refractivity contribution < 1.29 is 19.4 Å². The van der Waals surface area contributed by atoms with Crippen molar-refractivity contribution in [3.05, 3.63) is 24.3 Å². The number of ether oxygens (including phenoxy) is 1. The van der Waals surface area contributed by atoms with E-state index in [1.54, 1.807) is 0 Å². The van der Waals surface area contributed by atoms with Gasteiger partial charge in [0.05, 0.1) is 17.7 Å². The van der Waals surface area contributed by atoms with Crippen LogP contribution in [-0.4, -0.2) is 23.1 Å². The van der Waals surface area contributed by atoms with Crippen LogP contribution < -0.4 is 10.1 Å². The SMILES string of the molecule is O=C(O)[C@@H]1CC[C@H](C(=O)Nc2ccccc2OC2CCCC2)C1. The summed E-state index contributed by atoms with van der Waals surface area (Å²) in [6.07, 6.45) is 6.37. The largest absolute Gasteiger partial charge is 0.488 e. The molecule has 2 N–H and O–H groups in total. The monoisotopic (exact) mass is 317 g/mol. The van der Waals surface area contributed by atoms with Gasteiger partial charge in [-0.15, -0.1) is 0 Å². The van der Waals surface area contributed by atoms with Gasteiger partial charge in [0.1, 0.15) is 5.75 Å². The lowest BCUT2D eigenvalue weighted by molar-refractivity contribution is -0.141. The molecule has 5 nitrogen and oxygen atoms in total. The molecule has 0 bridgehead atoms. The molecule has 0 aromatic heterocycles. The maximum atomic E-state index is 12.4. The van der Waals surface area contributed by atoms with Crippen LogP contribution in [0.2, 0.25) is 0 Å². The van der Waals surface area contributed by atoms with E-state index in [0.29, 0.717) is 30.7 Å². The van der Waals surface area contributed by atoms with Gasteiger partial charge in [-0.05, 0) is 57.1 Å². The number of aliphatic carboxylic acids is 1. The van der Waals surface area contributed by atoms with Crippen LogP contribution in [0, 0.1) is 11.8 Å². The molecule has 0 heterocycles. The van der Waals surface area contributed by atoms with E-state index in [4.69, 9.17) is 9.84 Å². The smallest absolute Gasteiger partial charge is 0.306 e. The van der Waals surface area contributed by atoms with Crippen LogP contribution >= 0.6 is 0 Å². The van der Waals surface area contributed by atoms with E-state index in [9.17, 15) is 9.59 Å². The van der Waals surface area contributed by atoms with Gasteiger partial charge in [0.2, 0.25) is 5.91 Å². The Morgan fingerprint density at radius 1 is 1.04 bits per heavy atom. The highest BCUT2D eigenvalue weighted by Gasteiger charge is 2.34. The van der Waals surface area contributed by atoms with Crippen molar-refractivity contribution in [1.29, 1.82) is 0 Å². The van der Waals surface area contributed by atoms with Crippen LogP contribution in [0.25, 0.3) is 0 Å². The van der Waals surface area contributed by atoms with Crippen LogP contribution in [-0.2, 0) is 9.59 Å². The Morgan fingerprint density at radius 3 is 2.43 bits per heavy atom. The molecule has 1 aromatic carbocycles. The Labute approximate surface area is 136 Å². The van der Waals surface area contributed by atoms with Gasteiger partial charge in [-0.3, -0.25) is 9.59 Å². The second-order valence-electron chi connectivity index (χ2n) is 6.55. The standard InChI is InChI=1S/C18H23NO4/c20-17(12-9-10-13(11-12)18(21)22)19-15-7-3-4-8-16(15)23-14-5-1-2-6-14/h3-4,7-8,12-14H,1-2,5-6,9-11H2,(H,19,20)(H,21,22)/t12-,13+/m0/s1. The van der Waals surface area contributed by atoms with Crippen molar-refractivity contribution in [2.45, 2.75) is 51.0 Å². The zero-order valence-electron chi connectivity index (χ0n) is 13.2. The van der Waals surface area contributed by atoms with Gasteiger partial charge in [0.25, 0.3) is 0 Å². The number of amides is 1. The van der Waals surface area contributed by atoms with Crippen LogP contribution in [0.4, 0.5) is 5.69 Å². The first-order valence-electron chi connectivity index (χ1n) is 8.43. The number of hydrogen-bond acceptors (Lipinski definition) is 3. The molecule has 3 rings (SSSR count). The Morgan fingerprint density at radius 2 is 1.74 bits per heavy atom. The molecule has 124 valence electrons. The minimum Gasteiger partial charge on any atom is -0.488 e. The van der Waals surface area contributed by atoms with Gasteiger partial charge in [-0.1, -0.05) is 12.1 Å². The average Bonchev–Trinajstić information content (AvgIpc) is 3.20. The van der Waals surface area contributed by atoms with E-state index < -0.39 is 11.9 Å². The zero-order chi connectivity index (χ0) is 16.2. The van der Waals surface area contributed by atoms with Crippen molar-refractivity contribution in [1.82, 2.24) is 0 Å². The van der Waals surface area contributed by atoms with E-state index in [2.05, 4.69) is 5.32 Å². The van der Waals surface area contributed by atoms with Gasteiger partial charge in [-0.25, -0.2) is 0 Å². The number of anilines is 1. The summed E-state index contributed by atoms with van der Waals surface area (Å²) < 4.78 is 6.02. The quantitative estimate of drug-likeness (QED) is 0.872. The van der Waals surface area contributed by atoms with E-state index >= 15 is 0 Å². The highest BCUT2D eigenvalue weighted by Crippen LogP contribution is 2.34. The maximum Gasteiger partial charge on any atom is 0.306 e. The summed E-state index contributed by atoms with van der Waals surface area (Å²) in [4.78, 5) is 23.4. The highest BCUT2D eigenvalue weighted by atomic mass is 16.5. The van der Waals surface area contributed by atoms with Crippen LogP contribution in [0.3, 0.4) is 0 Å². The zero-order valence-corrected chi connectivity index (χ0v) is 13.2. The highest BCUT2D eigenvalue weighted by molar-refractivity contribution is 5.94. The molecule has 2 aliphatic rings. The fraction of sp³-hybridized carbons (Fsp3) is 0.556. The van der Waals surface area contributed by atoms with Crippen molar-refractivity contribution in [3.63, 3.8) is 0 Å². The molecule has 2 saturated carbocycles. The molecule has 0 spiro atoms. The second-order valence-corrected chi connectivity index (χ2v) is 6.55. The third-order valence-corrected chi connectivity index (χ3v) is 4.89. The number of benzene rings is 1. The number of hydrogen-bond donors (Lipinski definition) is 2. The molecule has 0 saturated heterocycles. The Balaban J connectivity index is 1.63. The Kier molecular flexibility index (Phi) is 4.84. The molecule has 2 atom stereocenters. The topological polar surface area (TPSA) is 75.6 Å². The van der Waals surface area contributed by atoms with Gasteiger partial charge >= 0.3 is 5.97 Å². The molecular formula is C18H23NO4.